The molecule has 0 aliphatic carbocycles. The lowest BCUT2D eigenvalue weighted by Gasteiger charge is -2.27. The van der Waals surface area contributed by atoms with E-state index in [2.05, 4.69) is 0 Å². The fraction of sp³-hybridized carbons (Fsp3) is 1.00. The average molecular weight is 254 g/mol. The second kappa shape index (κ2) is 9.05. The predicted molar refractivity (Wildman–Crippen MR) is 59.7 cm³/mol. The first-order chi connectivity index (χ1) is 7.64. The van der Waals surface area contributed by atoms with Crippen molar-refractivity contribution >= 4 is 9.05 Å². The Bertz CT molecular complexity index is 151. The molecule has 0 amide bonds. The number of rotatable bonds is 10. The molecule has 1 atom stereocenters. The minimum absolute atomic E-state index is 0.0667. The third kappa shape index (κ3) is 5.90. The van der Waals surface area contributed by atoms with Gasteiger partial charge in [0.15, 0.2) is 0 Å². The van der Waals surface area contributed by atoms with Gasteiger partial charge in [-0.1, -0.05) is 0 Å². The predicted octanol–water partition coefficient (Wildman–Crippen LogP) is -0.0987. The molecule has 0 aromatic rings. The van der Waals surface area contributed by atoms with E-state index in [0.717, 1.165) is 0 Å². The molecule has 0 spiro atoms. The van der Waals surface area contributed by atoms with Gasteiger partial charge in [0.05, 0.1) is 19.3 Å². The number of hydrogen-bond acceptors (Lipinski definition) is 6. The summed E-state index contributed by atoms with van der Waals surface area (Å²) in [5.41, 5.74) is 0. The fourth-order valence-electron chi connectivity index (χ4n) is 1.03. The Labute approximate surface area is 97.6 Å². The third-order valence-corrected chi connectivity index (χ3v) is 4.07. The lowest BCUT2D eigenvalue weighted by atomic mass is 10.4. The molecule has 0 heterocycles. The summed E-state index contributed by atoms with van der Waals surface area (Å²) >= 11 is 0. The Balaban J connectivity index is 4.34. The van der Waals surface area contributed by atoms with Gasteiger partial charge in [0.25, 0.3) is 0 Å². The van der Waals surface area contributed by atoms with Crippen molar-refractivity contribution in [3.63, 3.8) is 0 Å². The Morgan fingerprint density at radius 1 is 0.938 bits per heavy atom. The van der Waals surface area contributed by atoms with Crippen LogP contribution in [-0.2, 0) is 17.7 Å². The van der Waals surface area contributed by atoms with E-state index in [1.54, 1.807) is 0 Å². The van der Waals surface area contributed by atoms with Crippen LogP contribution in [0.2, 0.25) is 0 Å². The molecule has 0 aliphatic rings. The third-order valence-electron chi connectivity index (χ3n) is 1.63. The van der Waals surface area contributed by atoms with Crippen LogP contribution in [0.25, 0.3) is 0 Å². The molecule has 98 valence electrons. The number of aliphatic hydroxyl groups is 2. The van der Waals surface area contributed by atoms with Gasteiger partial charge in [-0.05, 0) is 20.8 Å². The van der Waals surface area contributed by atoms with Gasteiger partial charge in [0.1, 0.15) is 0 Å². The summed E-state index contributed by atoms with van der Waals surface area (Å²) in [5.74, 6) is 0. The minimum Gasteiger partial charge on any atom is -0.394 e. The van der Waals surface area contributed by atoms with E-state index in [0.29, 0.717) is 19.8 Å². The van der Waals surface area contributed by atoms with Gasteiger partial charge in [-0.2, -0.15) is 0 Å². The van der Waals surface area contributed by atoms with Crippen molar-refractivity contribution in [2.24, 2.45) is 0 Å². The molecule has 2 N–H and O–H groups in total. The van der Waals surface area contributed by atoms with Gasteiger partial charge in [0, 0.05) is 19.8 Å². The van der Waals surface area contributed by atoms with Crippen LogP contribution >= 0.6 is 0 Å². The fourth-order valence-corrected chi connectivity index (χ4v) is 2.99. The summed E-state index contributed by atoms with van der Waals surface area (Å²) in [5, 5.41) is 17.9. The molecule has 0 rings (SSSR count). The van der Waals surface area contributed by atoms with Gasteiger partial charge in [-0.15, -0.1) is 0 Å². The van der Waals surface area contributed by atoms with Crippen LogP contribution < -0.4 is 0 Å². The quantitative estimate of drug-likeness (QED) is 0.530. The maximum atomic E-state index is 9.21. The van der Waals surface area contributed by atoms with Crippen LogP contribution in [0.3, 0.4) is 0 Å². The van der Waals surface area contributed by atoms with Gasteiger partial charge >= 0.3 is 9.05 Å². The second-order valence-electron chi connectivity index (χ2n) is 2.95. The van der Waals surface area contributed by atoms with E-state index in [-0.39, 0.29) is 13.2 Å². The molecule has 0 saturated carbocycles. The highest BCUT2D eigenvalue weighted by atomic mass is 28.4. The number of hydrogen-bond donors (Lipinski definition) is 2. The molecular formula is C9H22O6Si. The highest BCUT2D eigenvalue weighted by Crippen LogP contribution is 2.12. The monoisotopic (exact) mass is 254 g/mol. The van der Waals surface area contributed by atoms with Crippen LogP contribution in [0.4, 0.5) is 0 Å². The molecule has 0 bridgehead atoms. The van der Waals surface area contributed by atoms with E-state index in [1.807, 2.05) is 20.8 Å². The van der Waals surface area contributed by atoms with Gasteiger partial charge < -0.3 is 27.9 Å². The Morgan fingerprint density at radius 3 is 1.69 bits per heavy atom. The topological polar surface area (TPSA) is 77.4 Å². The van der Waals surface area contributed by atoms with Crippen molar-refractivity contribution in [2.45, 2.75) is 26.9 Å². The Kier molecular flexibility index (Phi) is 9.04. The lowest BCUT2D eigenvalue weighted by Crippen LogP contribution is -2.50. The molecule has 1 unspecified atom stereocenters. The van der Waals surface area contributed by atoms with Crippen molar-refractivity contribution in [3.8, 4) is 0 Å². The summed E-state index contributed by atoms with van der Waals surface area (Å²) in [6.07, 6.45) is -0.951. The first-order valence-electron chi connectivity index (χ1n) is 5.48. The van der Waals surface area contributed by atoms with Gasteiger partial charge in [0.2, 0.25) is 0 Å². The molecule has 0 radical (unpaired) electrons. The van der Waals surface area contributed by atoms with E-state index in [9.17, 15) is 5.11 Å². The van der Waals surface area contributed by atoms with Crippen molar-refractivity contribution in [1.82, 2.24) is 0 Å². The van der Waals surface area contributed by atoms with Crippen LogP contribution in [0.1, 0.15) is 20.8 Å². The zero-order valence-corrected chi connectivity index (χ0v) is 11.1. The summed E-state index contributed by atoms with van der Waals surface area (Å²) in [6, 6.07) is 0. The SMILES string of the molecule is CCO[Si](OCC)(OCC)OCC(O)CO. The zero-order chi connectivity index (χ0) is 12.4. The molecule has 6 nitrogen and oxygen atoms in total. The summed E-state index contributed by atoms with van der Waals surface area (Å²) in [6.45, 7) is 6.21. The smallest absolute Gasteiger partial charge is 0.394 e. The first kappa shape index (κ1) is 16.0. The first-order valence-corrected chi connectivity index (χ1v) is 7.12. The van der Waals surface area contributed by atoms with Crippen molar-refractivity contribution in [2.75, 3.05) is 33.0 Å². The van der Waals surface area contributed by atoms with Gasteiger partial charge in [-0.3, -0.25) is 0 Å². The number of aliphatic hydroxyl groups excluding tert-OH is 2. The highest BCUT2D eigenvalue weighted by Gasteiger charge is 2.45. The van der Waals surface area contributed by atoms with Crippen LogP contribution in [-0.4, -0.2) is 58.4 Å². The summed E-state index contributed by atoms with van der Waals surface area (Å²) in [4.78, 5) is 0. The molecule has 0 saturated heterocycles. The van der Waals surface area contributed by atoms with E-state index >= 15 is 0 Å². The Hall–Kier alpha value is -0.0231. The maximum Gasteiger partial charge on any atom is 0.679 e. The van der Waals surface area contributed by atoms with Crippen molar-refractivity contribution in [1.29, 1.82) is 0 Å². The molecule has 0 aliphatic heterocycles. The van der Waals surface area contributed by atoms with Crippen molar-refractivity contribution in [3.05, 3.63) is 0 Å². The van der Waals surface area contributed by atoms with Gasteiger partial charge in [-0.25, -0.2) is 0 Å². The van der Waals surface area contributed by atoms with Crippen LogP contribution in [0.5, 0.6) is 0 Å². The summed E-state index contributed by atoms with van der Waals surface area (Å²) in [7, 11) is -3.15. The minimum atomic E-state index is -3.15. The van der Waals surface area contributed by atoms with Crippen LogP contribution in [0.15, 0.2) is 0 Å². The lowest BCUT2D eigenvalue weighted by molar-refractivity contribution is -0.0526. The molecule has 16 heavy (non-hydrogen) atoms. The molecular weight excluding hydrogens is 232 g/mol. The van der Waals surface area contributed by atoms with E-state index < -0.39 is 15.2 Å². The molecule has 7 heteroatoms. The van der Waals surface area contributed by atoms with E-state index in [1.165, 1.54) is 0 Å². The molecule has 0 aromatic carbocycles. The Morgan fingerprint density at radius 2 is 1.38 bits per heavy atom. The average Bonchev–Trinajstić information content (AvgIpc) is 2.27. The molecule has 0 fully saturated rings. The highest BCUT2D eigenvalue weighted by molar-refractivity contribution is 6.53. The largest absolute Gasteiger partial charge is 0.679 e. The zero-order valence-electron chi connectivity index (χ0n) is 10.1. The normalized spacial score (nSPS) is 14.1. The maximum absolute atomic E-state index is 9.21. The molecule has 0 aromatic heterocycles. The van der Waals surface area contributed by atoms with Crippen LogP contribution in [0, 0.1) is 0 Å². The van der Waals surface area contributed by atoms with E-state index in [4.69, 9.17) is 22.8 Å². The standard InChI is InChI=1S/C9H22O6Si/c1-4-12-16(13-5-2,14-6-3)15-8-9(11)7-10/h9-11H,4-8H2,1-3H3. The summed E-state index contributed by atoms with van der Waals surface area (Å²) < 4.78 is 21.5. The second-order valence-corrected chi connectivity index (χ2v) is 5.10. The van der Waals surface area contributed by atoms with Crippen molar-refractivity contribution < 1.29 is 27.9 Å².